The lowest BCUT2D eigenvalue weighted by Crippen LogP contribution is -2.28. The summed E-state index contributed by atoms with van der Waals surface area (Å²) in [5, 5.41) is 0. The number of rotatable bonds is 27. The molecule has 0 aromatic carbocycles. The summed E-state index contributed by atoms with van der Waals surface area (Å²) in [6, 6.07) is 0. The lowest BCUT2D eigenvalue weighted by Gasteiger charge is -2.22. The molecule has 0 aromatic heterocycles. The van der Waals surface area contributed by atoms with Crippen LogP contribution >= 0.6 is 0 Å². The number of hydrogen-bond acceptors (Lipinski definition) is 4. The van der Waals surface area contributed by atoms with Gasteiger partial charge in [0.2, 0.25) is 0 Å². The smallest absolute Gasteiger partial charge is 0.311 e. The first-order valence-corrected chi connectivity index (χ1v) is 16.3. The van der Waals surface area contributed by atoms with E-state index in [1.54, 1.807) is 0 Å². The second-order valence-corrected chi connectivity index (χ2v) is 12.1. The molecule has 0 amide bonds. The minimum Gasteiger partial charge on any atom is -0.462 e. The van der Waals surface area contributed by atoms with E-state index < -0.39 is 5.41 Å². The molecule has 0 fully saturated rings. The van der Waals surface area contributed by atoms with Gasteiger partial charge in [-0.25, -0.2) is 0 Å². The molecule has 1 unspecified atom stereocenters. The molecule has 0 spiro atoms. The zero-order chi connectivity index (χ0) is 27.6. The summed E-state index contributed by atoms with van der Waals surface area (Å²) in [4.78, 5) is 12.2. The second kappa shape index (κ2) is 25.7. The molecule has 4 heteroatoms. The fourth-order valence-electron chi connectivity index (χ4n) is 4.47. The highest BCUT2D eigenvalue weighted by Crippen LogP contribution is 2.20. The SMILES string of the molecule is CCCCCCCCCOC(CCCCCCC(CC)OC(=O)C(C)(C)C)OCCCCCCCCC. The molecule has 0 saturated carbocycles. The third kappa shape index (κ3) is 24.2. The number of ether oxygens (including phenoxy) is 3. The first-order chi connectivity index (χ1) is 17.8. The van der Waals surface area contributed by atoms with Crippen molar-refractivity contribution in [2.75, 3.05) is 13.2 Å². The third-order valence-corrected chi connectivity index (χ3v) is 7.16. The number of carbonyl (C=O) groups is 1. The Morgan fingerprint density at radius 2 is 0.973 bits per heavy atom. The van der Waals surface area contributed by atoms with Crippen molar-refractivity contribution in [3.63, 3.8) is 0 Å². The number of hydrogen-bond donors (Lipinski definition) is 0. The van der Waals surface area contributed by atoms with Crippen molar-refractivity contribution in [3.8, 4) is 0 Å². The Morgan fingerprint density at radius 3 is 1.41 bits per heavy atom. The molecule has 0 saturated heterocycles. The summed E-state index contributed by atoms with van der Waals surface area (Å²) >= 11 is 0. The van der Waals surface area contributed by atoms with Crippen LogP contribution in [0.1, 0.15) is 176 Å². The monoisotopic (exact) mass is 526 g/mol. The van der Waals surface area contributed by atoms with Crippen molar-refractivity contribution in [2.45, 2.75) is 189 Å². The van der Waals surface area contributed by atoms with Crippen molar-refractivity contribution < 1.29 is 19.0 Å². The van der Waals surface area contributed by atoms with Crippen LogP contribution in [0.25, 0.3) is 0 Å². The number of carbonyl (C=O) groups excluding carboxylic acids is 1. The summed E-state index contributed by atoms with van der Waals surface area (Å²) in [7, 11) is 0. The van der Waals surface area contributed by atoms with E-state index in [4.69, 9.17) is 14.2 Å². The lowest BCUT2D eigenvalue weighted by atomic mass is 9.97. The summed E-state index contributed by atoms with van der Waals surface area (Å²) in [6.07, 6.45) is 25.8. The van der Waals surface area contributed by atoms with E-state index in [0.717, 1.165) is 58.2 Å². The van der Waals surface area contributed by atoms with Gasteiger partial charge in [-0.3, -0.25) is 4.79 Å². The van der Waals surface area contributed by atoms with Gasteiger partial charge in [0.1, 0.15) is 6.10 Å². The van der Waals surface area contributed by atoms with Crippen molar-refractivity contribution in [2.24, 2.45) is 5.41 Å². The highest BCUT2D eigenvalue weighted by molar-refractivity contribution is 5.75. The van der Waals surface area contributed by atoms with Crippen LogP contribution in [0.3, 0.4) is 0 Å². The van der Waals surface area contributed by atoms with Gasteiger partial charge >= 0.3 is 5.97 Å². The van der Waals surface area contributed by atoms with Crippen LogP contribution in [-0.4, -0.2) is 31.6 Å². The fraction of sp³-hybridized carbons (Fsp3) is 0.970. The molecule has 0 aliphatic rings. The molecule has 0 radical (unpaired) electrons. The van der Waals surface area contributed by atoms with E-state index in [1.807, 2.05) is 20.8 Å². The van der Waals surface area contributed by atoms with Crippen LogP contribution in [0, 0.1) is 5.41 Å². The summed E-state index contributed by atoms with van der Waals surface area (Å²) in [5.41, 5.74) is -0.424. The minimum absolute atomic E-state index is 0.0451. The minimum atomic E-state index is -0.424. The molecule has 0 aromatic rings. The predicted molar refractivity (Wildman–Crippen MR) is 159 cm³/mol. The third-order valence-electron chi connectivity index (χ3n) is 7.16. The molecule has 0 N–H and O–H groups in total. The Labute approximate surface area is 232 Å². The normalized spacial score (nSPS) is 12.8. The Balaban J connectivity index is 4.15. The number of esters is 1. The van der Waals surface area contributed by atoms with Crippen LogP contribution in [0.4, 0.5) is 0 Å². The standard InChI is InChI=1S/C33H66O4/c1-7-10-12-14-16-20-24-28-35-31(36-29-25-21-17-15-13-11-8-2)27-23-19-18-22-26-30(9-3)37-32(34)33(4,5)6/h30-31H,7-29H2,1-6H3. The average Bonchev–Trinajstić information content (AvgIpc) is 2.87. The number of unbranched alkanes of at least 4 members (excludes halogenated alkanes) is 15. The van der Waals surface area contributed by atoms with Crippen LogP contribution in [0.2, 0.25) is 0 Å². The molecule has 0 aliphatic carbocycles. The molecule has 222 valence electrons. The first kappa shape index (κ1) is 36.4. The maximum Gasteiger partial charge on any atom is 0.311 e. The van der Waals surface area contributed by atoms with E-state index >= 15 is 0 Å². The summed E-state index contributed by atoms with van der Waals surface area (Å²) in [6.45, 7) is 14.1. The predicted octanol–water partition coefficient (Wildman–Crippen LogP) is 10.6. The molecule has 1 atom stereocenters. The maximum atomic E-state index is 12.2. The Kier molecular flexibility index (Phi) is 25.2. The largest absolute Gasteiger partial charge is 0.462 e. The van der Waals surface area contributed by atoms with Crippen molar-refractivity contribution in [1.82, 2.24) is 0 Å². The Morgan fingerprint density at radius 1 is 0.568 bits per heavy atom. The first-order valence-electron chi connectivity index (χ1n) is 16.3. The Hall–Kier alpha value is -0.610. The van der Waals surface area contributed by atoms with Crippen LogP contribution < -0.4 is 0 Å². The van der Waals surface area contributed by atoms with Gasteiger partial charge in [0, 0.05) is 13.2 Å². The van der Waals surface area contributed by atoms with Gasteiger partial charge in [0.25, 0.3) is 0 Å². The van der Waals surface area contributed by atoms with Gasteiger partial charge in [-0.1, -0.05) is 111 Å². The molecular weight excluding hydrogens is 460 g/mol. The van der Waals surface area contributed by atoms with Crippen molar-refractivity contribution >= 4 is 5.97 Å². The van der Waals surface area contributed by atoms with E-state index in [2.05, 4.69) is 20.8 Å². The van der Waals surface area contributed by atoms with E-state index in [1.165, 1.54) is 89.9 Å². The topological polar surface area (TPSA) is 44.8 Å². The quantitative estimate of drug-likeness (QED) is 0.0606. The van der Waals surface area contributed by atoms with Gasteiger partial charge in [0.05, 0.1) is 5.41 Å². The van der Waals surface area contributed by atoms with Gasteiger partial charge < -0.3 is 14.2 Å². The molecule has 4 nitrogen and oxygen atoms in total. The summed E-state index contributed by atoms with van der Waals surface area (Å²) < 4.78 is 18.1. The van der Waals surface area contributed by atoms with Gasteiger partial charge in [-0.05, 0) is 65.7 Å². The van der Waals surface area contributed by atoms with Gasteiger partial charge in [-0.2, -0.15) is 0 Å². The van der Waals surface area contributed by atoms with Gasteiger partial charge in [-0.15, -0.1) is 0 Å². The molecule has 0 rings (SSSR count). The van der Waals surface area contributed by atoms with Crippen LogP contribution in [-0.2, 0) is 19.0 Å². The molecular formula is C33H66O4. The van der Waals surface area contributed by atoms with Crippen LogP contribution in [0.15, 0.2) is 0 Å². The zero-order valence-electron chi connectivity index (χ0n) is 26.1. The highest BCUT2D eigenvalue weighted by atomic mass is 16.7. The van der Waals surface area contributed by atoms with Crippen LogP contribution in [0.5, 0.6) is 0 Å². The van der Waals surface area contributed by atoms with E-state index in [0.29, 0.717) is 0 Å². The van der Waals surface area contributed by atoms with Crippen molar-refractivity contribution in [3.05, 3.63) is 0 Å². The molecule has 0 aliphatic heterocycles. The molecule has 37 heavy (non-hydrogen) atoms. The lowest BCUT2D eigenvalue weighted by molar-refractivity contribution is -0.159. The van der Waals surface area contributed by atoms with Crippen molar-refractivity contribution in [1.29, 1.82) is 0 Å². The fourth-order valence-corrected chi connectivity index (χ4v) is 4.47. The molecule has 0 bridgehead atoms. The highest BCUT2D eigenvalue weighted by Gasteiger charge is 2.25. The summed E-state index contributed by atoms with van der Waals surface area (Å²) in [5.74, 6) is -0.0848. The maximum absolute atomic E-state index is 12.2. The average molecular weight is 527 g/mol. The van der Waals surface area contributed by atoms with Gasteiger partial charge in [0.15, 0.2) is 6.29 Å². The molecule has 0 heterocycles. The zero-order valence-corrected chi connectivity index (χ0v) is 26.1. The van der Waals surface area contributed by atoms with E-state index in [9.17, 15) is 4.79 Å². The Bertz CT molecular complexity index is 465. The second-order valence-electron chi connectivity index (χ2n) is 12.1. The van der Waals surface area contributed by atoms with E-state index in [-0.39, 0.29) is 18.4 Å².